The summed E-state index contributed by atoms with van der Waals surface area (Å²) in [7, 11) is 0. The smallest absolute Gasteiger partial charge is 0.0732 e. The zero-order valence-electron chi connectivity index (χ0n) is 30.2. The number of anilines is 6. The summed E-state index contributed by atoms with van der Waals surface area (Å²) in [6, 6.07) is 49.4. The molecule has 0 fully saturated rings. The van der Waals surface area contributed by atoms with Crippen LogP contribution in [0.2, 0.25) is 0 Å². The van der Waals surface area contributed by atoms with E-state index in [-0.39, 0.29) is 3.42 Å². The molecule has 6 aromatic rings. The molecule has 0 atom stereocenters. The minimum Gasteiger partial charge on any atom is -0.310 e. The summed E-state index contributed by atoms with van der Waals surface area (Å²) < 4.78 is 1.98. The van der Waals surface area contributed by atoms with Crippen LogP contribution in [0.1, 0.15) is 74.1 Å². The molecule has 0 radical (unpaired) electrons. The lowest BCUT2D eigenvalue weighted by atomic mass is 9.90. The lowest BCUT2D eigenvalue weighted by Gasteiger charge is -2.30. The number of benzene rings is 6. The summed E-state index contributed by atoms with van der Waals surface area (Å²) in [6.45, 7) is 6.60. The van der Waals surface area contributed by atoms with Crippen molar-refractivity contribution >= 4 is 88.6 Å². The molecule has 2 nitrogen and oxygen atoms in total. The highest BCUT2D eigenvalue weighted by Gasteiger charge is 2.41. The molecule has 6 aromatic carbocycles. The van der Waals surface area contributed by atoms with Gasteiger partial charge in [-0.15, -0.1) is 0 Å². The predicted molar refractivity (Wildman–Crippen MR) is 239 cm³/mol. The Hall–Kier alpha value is -3.39. The SMILES string of the molecule is CCCCCCCCC1(I)c2cc(N(c3ccc(C)cc3)c3ccc(Br)cc3)ccc2-c2ccc(N(c3ccc(C)cc3)c3ccc(Br)cc3)cc21. The highest BCUT2D eigenvalue weighted by atomic mass is 127. The highest BCUT2D eigenvalue weighted by molar-refractivity contribution is 14.1. The minimum atomic E-state index is -0.170. The number of fused-ring (bicyclic) bond motifs is 3. The fourth-order valence-corrected chi connectivity index (χ4v) is 9.30. The first-order valence-corrected chi connectivity index (χ1v) is 21.1. The van der Waals surface area contributed by atoms with E-state index in [0.717, 1.165) is 38.1 Å². The lowest BCUT2D eigenvalue weighted by molar-refractivity contribution is 0.563. The number of alkyl halides is 1. The Kier molecular flexibility index (Phi) is 11.6. The zero-order chi connectivity index (χ0) is 36.2. The van der Waals surface area contributed by atoms with Gasteiger partial charge < -0.3 is 9.80 Å². The minimum absolute atomic E-state index is 0.170. The molecule has 264 valence electrons. The van der Waals surface area contributed by atoms with Crippen molar-refractivity contribution in [3.05, 3.63) is 165 Å². The Bertz CT molecular complexity index is 1890. The first-order chi connectivity index (χ1) is 25.2. The molecule has 0 amide bonds. The number of rotatable bonds is 13. The standard InChI is InChI=1S/C47H45Br2IN2/c1-4-5-6-7-8-9-30-47(50)45-31-41(51(37-18-10-33(2)11-19-37)39-22-14-35(48)15-23-39)26-28-43(45)44-29-27-42(32-46(44)47)52(38-20-12-34(3)13-21-38)40-24-16-36(49)17-25-40/h10-29,31-32H,4-9,30H2,1-3H3. The van der Waals surface area contributed by atoms with Crippen LogP contribution in [0.3, 0.4) is 0 Å². The van der Waals surface area contributed by atoms with E-state index in [4.69, 9.17) is 0 Å². The van der Waals surface area contributed by atoms with Gasteiger partial charge in [-0.2, -0.15) is 0 Å². The molecule has 0 spiro atoms. The first kappa shape index (κ1) is 36.9. The quantitative estimate of drug-likeness (QED) is 0.0647. The molecule has 0 saturated carbocycles. The monoisotopic (exact) mass is 922 g/mol. The second kappa shape index (κ2) is 16.3. The Labute approximate surface area is 340 Å². The molecular formula is C47H45Br2IN2. The van der Waals surface area contributed by atoms with Gasteiger partial charge in [0, 0.05) is 43.1 Å². The topological polar surface area (TPSA) is 6.48 Å². The van der Waals surface area contributed by atoms with Crippen molar-refractivity contribution in [3.63, 3.8) is 0 Å². The van der Waals surface area contributed by atoms with E-state index in [1.165, 1.54) is 83.3 Å². The highest BCUT2D eigenvalue weighted by Crippen LogP contribution is 2.58. The van der Waals surface area contributed by atoms with Gasteiger partial charge >= 0.3 is 0 Å². The molecule has 0 heterocycles. The number of nitrogens with zero attached hydrogens (tertiary/aromatic N) is 2. The zero-order valence-corrected chi connectivity index (χ0v) is 35.5. The summed E-state index contributed by atoms with van der Waals surface area (Å²) in [5.74, 6) is 0. The number of halogens is 3. The lowest BCUT2D eigenvalue weighted by Crippen LogP contribution is -2.18. The Balaban J connectivity index is 1.35. The van der Waals surface area contributed by atoms with Crippen LogP contribution < -0.4 is 9.80 Å². The van der Waals surface area contributed by atoms with Gasteiger partial charge in [0.05, 0.1) is 3.42 Å². The van der Waals surface area contributed by atoms with Crippen LogP contribution in [0, 0.1) is 13.8 Å². The molecule has 5 heteroatoms. The van der Waals surface area contributed by atoms with E-state index in [0.29, 0.717) is 0 Å². The van der Waals surface area contributed by atoms with Crippen molar-refractivity contribution < 1.29 is 0 Å². The first-order valence-electron chi connectivity index (χ1n) is 18.5. The average Bonchev–Trinajstić information content (AvgIpc) is 3.40. The summed E-state index contributed by atoms with van der Waals surface area (Å²) in [4.78, 5) is 4.80. The van der Waals surface area contributed by atoms with Gasteiger partial charge in [-0.1, -0.05) is 147 Å². The molecule has 7 rings (SSSR count). The summed E-state index contributed by atoms with van der Waals surface area (Å²) in [6.07, 6.45) is 8.77. The third-order valence-corrected chi connectivity index (χ3v) is 13.1. The van der Waals surface area contributed by atoms with E-state index in [2.05, 4.69) is 218 Å². The third kappa shape index (κ3) is 7.78. The fourth-order valence-electron chi connectivity index (χ4n) is 7.49. The van der Waals surface area contributed by atoms with Crippen LogP contribution >= 0.6 is 54.5 Å². The summed E-state index contributed by atoms with van der Waals surface area (Å²) in [5.41, 5.74) is 15.0. The maximum Gasteiger partial charge on any atom is 0.0732 e. The Morgan fingerprint density at radius 3 is 1.21 bits per heavy atom. The molecule has 0 aromatic heterocycles. The van der Waals surface area contributed by atoms with E-state index in [1.807, 2.05) is 0 Å². The van der Waals surface area contributed by atoms with Crippen molar-refractivity contribution in [1.82, 2.24) is 0 Å². The summed E-state index contributed by atoms with van der Waals surface area (Å²) >= 11 is 10.1. The van der Waals surface area contributed by atoms with Crippen molar-refractivity contribution in [2.24, 2.45) is 0 Å². The molecule has 0 bridgehead atoms. The van der Waals surface area contributed by atoms with Crippen LogP contribution in [-0.2, 0) is 3.42 Å². The van der Waals surface area contributed by atoms with E-state index in [1.54, 1.807) is 0 Å². The number of aryl methyl sites for hydroxylation is 2. The maximum atomic E-state index is 3.66. The third-order valence-electron chi connectivity index (χ3n) is 10.3. The molecule has 52 heavy (non-hydrogen) atoms. The van der Waals surface area contributed by atoms with Crippen LogP contribution in [0.15, 0.2) is 142 Å². The van der Waals surface area contributed by atoms with E-state index < -0.39 is 0 Å². The van der Waals surface area contributed by atoms with Crippen LogP contribution in [0.5, 0.6) is 0 Å². The molecule has 0 N–H and O–H groups in total. The Morgan fingerprint density at radius 2 is 0.808 bits per heavy atom. The van der Waals surface area contributed by atoms with Crippen molar-refractivity contribution in [1.29, 1.82) is 0 Å². The number of unbranched alkanes of at least 4 members (excludes halogenated alkanes) is 5. The molecule has 1 aliphatic rings. The van der Waals surface area contributed by atoms with Crippen LogP contribution in [0.25, 0.3) is 11.1 Å². The van der Waals surface area contributed by atoms with Crippen molar-refractivity contribution in [3.8, 4) is 11.1 Å². The molecular weight excluding hydrogens is 879 g/mol. The molecule has 0 unspecified atom stereocenters. The molecule has 0 aliphatic heterocycles. The van der Waals surface area contributed by atoms with Gasteiger partial charge in [0.25, 0.3) is 0 Å². The van der Waals surface area contributed by atoms with Crippen molar-refractivity contribution in [2.75, 3.05) is 9.80 Å². The fraction of sp³-hybridized carbons (Fsp3) is 0.234. The van der Waals surface area contributed by atoms with E-state index in [9.17, 15) is 0 Å². The second-order valence-electron chi connectivity index (χ2n) is 14.1. The van der Waals surface area contributed by atoms with Gasteiger partial charge in [-0.05, 0) is 140 Å². The van der Waals surface area contributed by atoms with Gasteiger partial charge in [-0.3, -0.25) is 0 Å². The van der Waals surface area contributed by atoms with E-state index >= 15 is 0 Å². The van der Waals surface area contributed by atoms with Crippen LogP contribution in [0.4, 0.5) is 34.1 Å². The van der Waals surface area contributed by atoms with Gasteiger partial charge in [0.15, 0.2) is 0 Å². The maximum absolute atomic E-state index is 3.66. The molecule has 0 saturated heterocycles. The van der Waals surface area contributed by atoms with Gasteiger partial charge in [0.1, 0.15) is 0 Å². The van der Waals surface area contributed by atoms with Gasteiger partial charge in [0.2, 0.25) is 0 Å². The predicted octanol–water partition coefficient (Wildman–Crippen LogP) is 16.2. The average molecular weight is 925 g/mol. The number of hydrogen-bond acceptors (Lipinski definition) is 2. The van der Waals surface area contributed by atoms with Crippen LogP contribution in [-0.4, -0.2) is 0 Å². The molecule has 1 aliphatic carbocycles. The normalized spacial score (nSPS) is 12.7. The summed E-state index contributed by atoms with van der Waals surface area (Å²) in [5, 5.41) is 0. The second-order valence-corrected chi connectivity index (χ2v) is 17.7. The Morgan fingerprint density at radius 1 is 0.462 bits per heavy atom. The van der Waals surface area contributed by atoms with Crippen molar-refractivity contribution in [2.45, 2.75) is 69.1 Å². The largest absolute Gasteiger partial charge is 0.310 e. The number of hydrogen-bond donors (Lipinski definition) is 0. The van der Waals surface area contributed by atoms with Gasteiger partial charge in [-0.25, -0.2) is 0 Å².